The molecule has 0 radical (unpaired) electrons. The van der Waals surface area contributed by atoms with E-state index in [1.807, 2.05) is 0 Å². The minimum atomic E-state index is -4.39. The van der Waals surface area contributed by atoms with E-state index in [4.69, 9.17) is 0 Å². The van der Waals surface area contributed by atoms with Gasteiger partial charge in [-0.15, -0.1) is 0 Å². The minimum Gasteiger partial charge on any atom is -0.810 e. The predicted octanol–water partition coefficient (Wildman–Crippen LogP) is 0.201. The molecule has 0 amide bonds. The average Bonchev–Trinajstić information content (AvgIpc) is 2.38. The zero-order valence-electron chi connectivity index (χ0n) is 11.5. The lowest BCUT2D eigenvalue weighted by atomic mass is 10.2. The smallest absolute Gasteiger partial charge is 0.000221 e. The number of benzene rings is 2. The fourth-order valence-electron chi connectivity index (χ4n) is 1.61. The molecule has 0 heterocycles. The summed E-state index contributed by atoms with van der Waals surface area (Å²) < 4.78 is 20.5. The molecule has 0 unspecified atom stereocenters. The van der Waals surface area contributed by atoms with Crippen LogP contribution in [0.15, 0.2) is 60.7 Å². The van der Waals surface area contributed by atoms with Crippen LogP contribution < -0.4 is 19.6 Å². The van der Waals surface area contributed by atoms with Crippen LogP contribution in [0, 0.1) is 0 Å². The summed E-state index contributed by atoms with van der Waals surface area (Å²) >= 11 is 0. The number of rotatable bonds is 4. The van der Waals surface area contributed by atoms with Crippen molar-refractivity contribution in [3.63, 3.8) is 0 Å². The molecule has 22 heavy (non-hydrogen) atoms. The highest BCUT2D eigenvalue weighted by atomic mass is 31.2. The molecule has 2 aromatic carbocycles. The lowest BCUT2D eigenvalue weighted by Gasteiger charge is -2.29. The van der Waals surface area contributed by atoms with E-state index in [1.54, 1.807) is 60.7 Å². The number of hydrogen-bond donors (Lipinski definition) is 0. The van der Waals surface area contributed by atoms with Crippen LogP contribution in [-0.4, -0.2) is 0 Å². The van der Waals surface area contributed by atoms with Crippen LogP contribution in [0.4, 0.5) is 0 Å². The standard InChI is InChI=1S/2C7H9O3P/c2*8-11(9,10)6-7-4-2-1-3-5-7/h2*1-5H,6H2,(H2,8,9,10)/p-4. The van der Waals surface area contributed by atoms with E-state index in [0.717, 1.165) is 0 Å². The largest absolute Gasteiger partial charge is 0.810 e. The summed E-state index contributed by atoms with van der Waals surface area (Å²) in [6, 6.07) is 16.8. The van der Waals surface area contributed by atoms with Gasteiger partial charge in [-0.3, -0.25) is 0 Å². The van der Waals surface area contributed by atoms with Crippen LogP contribution >= 0.6 is 15.2 Å². The van der Waals surface area contributed by atoms with Gasteiger partial charge >= 0.3 is 0 Å². The maximum Gasteiger partial charge on any atom is 0.000221 e. The molecule has 0 saturated carbocycles. The lowest BCUT2D eigenvalue weighted by Crippen LogP contribution is -2.15. The van der Waals surface area contributed by atoms with Gasteiger partial charge in [-0.1, -0.05) is 75.9 Å². The Kier molecular flexibility index (Phi) is 7.17. The third kappa shape index (κ3) is 9.64. The van der Waals surface area contributed by atoms with E-state index >= 15 is 0 Å². The second-order valence-electron chi connectivity index (χ2n) is 4.51. The van der Waals surface area contributed by atoms with E-state index in [2.05, 4.69) is 0 Å². The molecule has 0 atom stereocenters. The molecule has 2 aromatic rings. The molecule has 8 heteroatoms. The normalized spacial score (nSPS) is 11.5. The zero-order chi connectivity index (χ0) is 16.6. The maximum absolute atomic E-state index is 10.3. The second kappa shape index (κ2) is 8.39. The summed E-state index contributed by atoms with van der Waals surface area (Å²) in [5, 5.41) is 0. The first-order valence-corrected chi connectivity index (χ1v) is 9.71. The van der Waals surface area contributed by atoms with E-state index in [0.29, 0.717) is 11.1 Å². The molecule has 120 valence electrons. The van der Waals surface area contributed by atoms with E-state index in [9.17, 15) is 28.7 Å². The van der Waals surface area contributed by atoms with Crippen molar-refractivity contribution in [2.75, 3.05) is 0 Å². The molecule has 0 aliphatic heterocycles. The van der Waals surface area contributed by atoms with Crippen LogP contribution in [-0.2, 0) is 21.5 Å². The van der Waals surface area contributed by atoms with Crippen LogP contribution in [0.1, 0.15) is 11.1 Å². The highest BCUT2D eigenvalue weighted by Gasteiger charge is 1.93. The minimum absolute atomic E-state index is 0.395. The van der Waals surface area contributed by atoms with Crippen molar-refractivity contribution in [2.24, 2.45) is 0 Å². The Morgan fingerprint density at radius 1 is 0.591 bits per heavy atom. The number of hydrogen-bond acceptors (Lipinski definition) is 6. The lowest BCUT2D eigenvalue weighted by molar-refractivity contribution is -0.316. The van der Waals surface area contributed by atoms with Gasteiger partial charge in [-0.05, 0) is 11.1 Å². The molecule has 0 saturated heterocycles. The Morgan fingerprint density at radius 3 is 1.09 bits per heavy atom. The quantitative estimate of drug-likeness (QED) is 0.732. The Balaban J connectivity index is 0.000000220. The van der Waals surface area contributed by atoms with Gasteiger partial charge < -0.3 is 28.7 Å². The van der Waals surface area contributed by atoms with Crippen LogP contribution in [0.25, 0.3) is 0 Å². The summed E-state index contributed by atoms with van der Waals surface area (Å²) in [5.41, 5.74) is 1.08. The molecule has 0 N–H and O–H groups in total. The first-order valence-electron chi connectivity index (χ1n) is 6.26. The van der Waals surface area contributed by atoms with E-state index in [1.165, 1.54) is 0 Å². The Bertz CT molecular complexity index is 588. The summed E-state index contributed by atoms with van der Waals surface area (Å²) in [6.07, 6.45) is -0.790. The zero-order valence-corrected chi connectivity index (χ0v) is 13.3. The van der Waals surface area contributed by atoms with Gasteiger partial charge in [0.25, 0.3) is 0 Å². The molecular weight excluding hydrogens is 326 g/mol. The summed E-state index contributed by atoms with van der Waals surface area (Å²) in [6.45, 7) is 0. The second-order valence-corrected chi connectivity index (χ2v) is 7.59. The fourth-order valence-corrected chi connectivity index (χ4v) is 2.93. The van der Waals surface area contributed by atoms with Crippen molar-refractivity contribution in [3.8, 4) is 0 Å². The molecule has 0 bridgehead atoms. The van der Waals surface area contributed by atoms with Crippen molar-refractivity contribution < 1.29 is 28.7 Å². The molecule has 0 spiro atoms. The van der Waals surface area contributed by atoms with Gasteiger partial charge in [0.05, 0.1) is 0 Å². The molecule has 0 aliphatic rings. The monoisotopic (exact) mass is 340 g/mol. The van der Waals surface area contributed by atoms with Gasteiger partial charge in [0.15, 0.2) is 0 Å². The van der Waals surface area contributed by atoms with Crippen molar-refractivity contribution in [3.05, 3.63) is 71.8 Å². The van der Waals surface area contributed by atoms with Crippen molar-refractivity contribution >= 4 is 15.2 Å². The molecule has 0 aliphatic carbocycles. The summed E-state index contributed by atoms with van der Waals surface area (Å²) in [4.78, 5) is 41.1. The van der Waals surface area contributed by atoms with Gasteiger partial charge in [0.2, 0.25) is 0 Å². The molecule has 2 rings (SSSR count). The van der Waals surface area contributed by atoms with Crippen LogP contribution in [0.2, 0.25) is 0 Å². The van der Waals surface area contributed by atoms with Crippen LogP contribution in [0.5, 0.6) is 0 Å². The summed E-state index contributed by atoms with van der Waals surface area (Å²) in [5.74, 6) is 0. The van der Waals surface area contributed by atoms with Gasteiger partial charge in [0.1, 0.15) is 0 Å². The van der Waals surface area contributed by atoms with Gasteiger partial charge in [-0.2, -0.15) is 0 Å². The highest BCUT2D eigenvalue weighted by Crippen LogP contribution is 2.29. The van der Waals surface area contributed by atoms with Crippen LogP contribution in [0.3, 0.4) is 0 Å². The maximum atomic E-state index is 10.3. The van der Waals surface area contributed by atoms with E-state index in [-0.39, 0.29) is 0 Å². The third-order valence-electron chi connectivity index (χ3n) is 2.44. The topological polar surface area (TPSA) is 126 Å². The highest BCUT2D eigenvalue weighted by molar-refractivity contribution is 7.48. The fraction of sp³-hybridized carbons (Fsp3) is 0.143. The molecule has 6 nitrogen and oxygen atoms in total. The molecular formula is C14H14O6P2-4. The first-order chi connectivity index (χ1) is 10.2. The van der Waals surface area contributed by atoms with Crippen molar-refractivity contribution in [1.82, 2.24) is 0 Å². The predicted molar refractivity (Wildman–Crippen MR) is 75.5 cm³/mol. The third-order valence-corrected chi connectivity index (χ3v) is 3.94. The summed E-state index contributed by atoms with van der Waals surface area (Å²) in [7, 11) is -8.78. The Hall–Kier alpha value is -1.26. The Morgan fingerprint density at radius 2 is 0.864 bits per heavy atom. The first kappa shape index (κ1) is 18.8. The SMILES string of the molecule is O=P([O-])([O-])Cc1ccccc1.O=P([O-])([O-])Cc1ccccc1. The molecule has 0 fully saturated rings. The Labute approximate surface area is 128 Å². The molecule has 0 aromatic heterocycles. The van der Waals surface area contributed by atoms with E-state index < -0.39 is 27.5 Å². The van der Waals surface area contributed by atoms with Gasteiger partial charge in [-0.25, -0.2) is 0 Å². The van der Waals surface area contributed by atoms with Crippen molar-refractivity contribution in [1.29, 1.82) is 0 Å². The average molecular weight is 340 g/mol. The van der Waals surface area contributed by atoms with Gasteiger partial charge in [0, 0.05) is 12.3 Å². The van der Waals surface area contributed by atoms with Crippen molar-refractivity contribution in [2.45, 2.75) is 12.3 Å².